The lowest BCUT2D eigenvalue weighted by Gasteiger charge is -2.29. The van der Waals surface area contributed by atoms with E-state index in [1.165, 1.54) is 6.08 Å². The van der Waals surface area contributed by atoms with Gasteiger partial charge in [-0.15, -0.1) is 0 Å². The zero-order chi connectivity index (χ0) is 27.0. The molecule has 0 bridgehead atoms. The lowest BCUT2D eigenvalue weighted by atomic mass is 9.92. The van der Waals surface area contributed by atoms with Crippen LogP contribution < -0.4 is 26.0 Å². The van der Waals surface area contributed by atoms with E-state index in [0.29, 0.717) is 42.0 Å². The number of nitrogens with zero attached hydrogens (tertiary/aromatic N) is 4. The highest BCUT2D eigenvalue weighted by atomic mass is 32.2. The number of urea groups is 1. The monoisotopic (exact) mass is 551 g/mol. The van der Waals surface area contributed by atoms with Gasteiger partial charge in [0.15, 0.2) is 5.65 Å². The molecule has 13 nitrogen and oxygen atoms in total. The third-order valence-corrected chi connectivity index (χ3v) is 8.34. The van der Waals surface area contributed by atoms with Crippen molar-refractivity contribution >= 4 is 45.6 Å². The first kappa shape index (κ1) is 25.2. The minimum Gasteiger partial charge on any atom is -0.351 e. The van der Waals surface area contributed by atoms with Crippen molar-refractivity contribution in [2.24, 2.45) is 0 Å². The van der Waals surface area contributed by atoms with Crippen LogP contribution in [0.5, 0.6) is 0 Å². The van der Waals surface area contributed by atoms with Gasteiger partial charge in [0.2, 0.25) is 21.9 Å². The summed E-state index contributed by atoms with van der Waals surface area (Å²) in [7, 11) is -3.44. The van der Waals surface area contributed by atoms with Gasteiger partial charge in [0, 0.05) is 23.7 Å². The van der Waals surface area contributed by atoms with Crippen molar-refractivity contribution in [1.82, 2.24) is 34.9 Å². The molecule has 0 radical (unpaired) electrons. The van der Waals surface area contributed by atoms with E-state index in [-0.39, 0.29) is 23.5 Å². The molecule has 0 spiro atoms. The summed E-state index contributed by atoms with van der Waals surface area (Å²) in [4.78, 5) is 32.8. The summed E-state index contributed by atoms with van der Waals surface area (Å²) < 4.78 is 29.7. The van der Waals surface area contributed by atoms with E-state index in [1.54, 1.807) is 10.7 Å². The Balaban J connectivity index is 1.15. The summed E-state index contributed by atoms with van der Waals surface area (Å²) in [5, 5.41) is 15.8. The topological polar surface area (TPSA) is 172 Å². The van der Waals surface area contributed by atoms with Gasteiger partial charge >= 0.3 is 6.03 Å². The molecule has 3 fully saturated rings. The molecule has 3 amide bonds. The number of nitrogens with one attached hydrogen (secondary N) is 5. The molecular weight excluding hydrogens is 522 g/mol. The Morgan fingerprint density at radius 2 is 1.62 bits per heavy atom. The van der Waals surface area contributed by atoms with Crippen LogP contribution in [0.15, 0.2) is 42.2 Å². The number of sulfonamides is 1. The van der Waals surface area contributed by atoms with Gasteiger partial charge in [0.1, 0.15) is 5.70 Å². The Bertz CT molecular complexity index is 1540. The molecule has 1 aromatic carbocycles. The Morgan fingerprint density at radius 1 is 0.923 bits per heavy atom. The summed E-state index contributed by atoms with van der Waals surface area (Å²) in [6.45, 7) is 0. The van der Waals surface area contributed by atoms with E-state index < -0.39 is 22.0 Å². The van der Waals surface area contributed by atoms with Gasteiger partial charge < -0.3 is 16.0 Å². The maximum Gasteiger partial charge on any atom is 0.326 e. The SMILES string of the molecule is O=C1NC(=O)/C(=C/c2cnn3c(NC4CC4)nc(N[C@H]4CC[C@H](NS(=O)(=O)Cc5ccccc5)CC4)nc23)N1. The van der Waals surface area contributed by atoms with Crippen molar-refractivity contribution in [1.29, 1.82) is 0 Å². The Kier molecular flexibility index (Phi) is 6.64. The van der Waals surface area contributed by atoms with Crippen molar-refractivity contribution in [2.75, 3.05) is 10.6 Å². The van der Waals surface area contributed by atoms with Crippen LogP contribution in [-0.2, 0) is 20.6 Å². The van der Waals surface area contributed by atoms with Crippen LogP contribution in [0.25, 0.3) is 11.7 Å². The number of imide groups is 1. The largest absolute Gasteiger partial charge is 0.351 e. The van der Waals surface area contributed by atoms with Crippen LogP contribution in [-0.4, -0.2) is 58.1 Å². The molecule has 1 aliphatic heterocycles. The highest BCUT2D eigenvalue weighted by molar-refractivity contribution is 7.88. The third-order valence-electron chi connectivity index (χ3n) is 6.93. The van der Waals surface area contributed by atoms with Gasteiger partial charge in [-0.2, -0.15) is 19.6 Å². The van der Waals surface area contributed by atoms with Crippen molar-refractivity contribution in [2.45, 2.75) is 62.4 Å². The second-order valence-corrected chi connectivity index (χ2v) is 11.9. The second kappa shape index (κ2) is 10.3. The number of aromatic nitrogens is 4. The predicted octanol–water partition coefficient (Wildman–Crippen LogP) is 1.72. The quantitative estimate of drug-likeness (QED) is 0.196. The van der Waals surface area contributed by atoms with Gasteiger partial charge in [-0.05, 0) is 50.2 Å². The van der Waals surface area contributed by atoms with Crippen LogP contribution in [0.1, 0.15) is 49.7 Å². The number of hydrogen-bond acceptors (Lipinski definition) is 9. The summed E-state index contributed by atoms with van der Waals surface area (Å²) in [6, 6.07) is 8.85. The standard InChI is InChI=1S/C25H29N9O4S/c35-22-20(29-25(36)31-22)12-16-13-26-34-21(16)30-23(32-24(34)28-18-6-7-18)27-17-8-10-19(11-9-17)33-39(37,38)14-15-4-2-1-3-5-15/h1-5,12-13,17-19,33H,6-11,14H2,(H2,27,28,30,32)(H2,29,31,35,36)/b20-12-/t17-,19-. The van der Waals surface area contributed by atoms with Gasteiger partial charge in [0.25, 0.3) is 5.91 Å². The Hall–Kier alpha value is -4.04. The molecule has 2 aliphatic carbocycles. The number of rotatable bonds is 9. The summed E-state index contributed by atoms with van der Waals surface area (Å²) in [6.07, 6.45) is 8.09. The van der Waals surface area contributed by atoms with E-state index in [4.69, 9.17) is 0 Å². The Labute approximate surface area is 224 Å². The average Bonchev–Trinajstić information content (AvgIpc) is 3.53. The fraction of sp³-hybridized carbons (Fsp3) is 0.400. The molecule has 3 heterocycles. The van der Waals surface area contributed by atoms with Gasteiger partial charge in [0.05, 0.1) is 11.9 Å². The van der Waals surface area contributed by atoms with E-state index in [1.807, 2.05) is 30.3 Å². The van der Waals surface area contributed by atoms with Crippen LogP contribution in [0.3, 0.4) is 0 Å². The normalized spacial score (nSPS) is 22.6. The molecule has 3 aromatic rings. The highest BCUT2D eigenvalue weighted by Crippen LogP contribution is 2.27. The number of carbonyl (C=O) groups is 2. The maximum atomic E-state index is 12.6. The summed E-state index contributed by atoms with van der Waals surface area (Å²) in [5.41, 5.74) is 1.92. The van der Waals surface area contributed by atoms with Crippen LogP contribution >= 0.6 is 0 Å². The minimum absolute atomic E-state index is 0.0359. The first-order valence-corrected chi connectivity index (χ1v) is 14.6. The molecule has 6 rings (SSSR count). The number of anilines is 2. The van der Waals surface area contributed by atoms with Crippen molar-refractivity contribution in [3.63, 3.8) is 0 Å². The third kappa shape index (κ3) is 6.01. The zero-order valence-corrected chi connectivity index (χ0v) is 21.9. The van der Waals surface area contributed by atoms with E-state index in [0.717, 1.165) is 31.2 Å². The molecule has 3 aliphatic rings. The lowest BCUT2D eigenvalue weighted by molar-refractivity contribution is -0.115. The van der Waals surface area contributed by atoms with Crippen LogP contribution in [0.4, 0.5) is 16.7 Å². The van der Waals surface area contributed by atoms with Gasteiger partial charge in [-0.25, -0.2) is 17.9 Å². The van der Waals surface area contributed by atoms with E-state index in [2.05, 4.69) is 41.1 Å². The van der Waals surface area contributed by atoms with Crippen molar-refractivity contribution in [3.05, 3.63) is 53.4 Å². The van der Waals surface area contributed by atoms with Crippen LogP contribution in [0.2, 0.25) is 0 Å². The van der Waals surface area contributed by atoms with E-state index in [9.17, 15) is 18.0 Å². The predicted molar refractivity (Wildman–Crippen MR) is 144 cm³/mol. The zero-order valence-electron chi connectivity index (χ0n) is 21.1. The molecule has 0 atom stereocenters. The molecule has 5 N–H and O–H groups in total. The van der Waals surface area contributed by atoms with Gasteiger partial charge in [-0.1, -0.05) is 30.3 Å². The molecule has 2 saturated carbocycles. The fourth-order valence-corrected chi connectivity index (χ4v) is 6.29. The molecule has 0 unspecified atom stereocenters. The van der Waals surface area contributed by atoms with E-state index >= 15 is 0 Å². The smallest absolute Gasteiger partial charge is 0.326 e. The number of fused-ring (bicyclic) bond motifs is 1. The van der Waals surface area contributed by atoms with Crippen LogP contribution in [0, 0.1) is 0 Å². The summed E-state index contributed by atoms with van der Waals surface area (Å²) >= 11 is 0. The molecule has 14 heteroatoms. The summed E-state index contributed by atoms with van der Waals surface area (Å²) in [5.74, 6) is 0.404. The van der Waals surface area contributed by atoms with Crippen molar-refractivity contribution in [3.8, 4) is 0 Å². The number of amides is 3. The number of carbonyl (C=O) groups excluding carboxylic acids is 2. The second-order valence-electron chi connectivity index (χ2n) is 10.1. The maximum absolute atomic E-state index is 12.6. The van der Waals surface area contributed by atoms with Gasteiger partial charge in [-0.3, -0.25) is 10.1 Å². The first-order valence-electron chi connectivity index (χ1n) is 13.0. The number of benzene rings is 1. The fourth-order valence-electron chi connectivity index (χ4n) is 4.83. The molecule has 2 aromatic heterocycles. The highest BCUT2D eigenvalue weighted by Gasteiger charge is 2.28. The molecule has 204 valence electrons. The minimum atomic E-state index is -3.44. The Morgan fingerprint density at radius 3 is 2.31 bits per heavy atom. The molecule has 39 heavy (non-hydrogen) atoms. The lowest BCUT2D eigenvalue weighted by Crippen LogP contribution is -2.40. The molecule has 1 saturated heterocycles. The number of hydrogen-bond donors (Lipinski definition) is 5. The molecular formula is C25H29N9O4S. The van der Waals surface area contributed by atoms with Crippen molar-refractivity contribution < 1.29 is 18.0 Å². The average molecular weight is 552 g/mol. The first-order chi connectivity index (χ1) is 18.8.